The van der Waals surface area contributed by atoms with Gasteiger partial charge in [0.05, 0.1) is 6.04 Å². The molecule has 3 fully saturated rings. The first-order valence-corrected chi connectivity index (χ1v) is 7.71. The Labute approximate surface area is 113 Å². The van der Waals surface area contributed by atoms with Crippen molar-refractivity contribution in [3.05, 3.63) is 33.7 Å². The minimum atomic E-state index is 0.0762. The number of nitrogens with zero attached hydrogens (tertiary/aromatic N) is 1. The number of nitrogens with one attached hydrogen (secondary N) is 1. The molecule has 1 N–H and O–H groups in total. The first-order chi connectivity index (χ1) is 9.22. The Morgan fingerprint density at radius 2 is 2.11 bits per heavy atom. The molecule has 4 aliphatic rings. The highest BCUT2D eigenvalue weighted by Crippen LogP contribution is 2.62. The van der Waals surface area contributed by atoms with Crippen LogP contribution < -0.4 is 5.56 Å². The molecule has 19 heavy (non-hydrogen) atoms. The van der Waals surface area contributed by atoms with E-state index in [1.54, 1.807) is 6.07 Å². The van der Waals surface area contributed by atoms with Crippen LogP contribution in [0, 0.1) is 17.8 Å². The summed E-state index contributed by atoms with van der Waals surface area (Å²) in [5.74, 6) is 3.20. The van der Waals surface area contributed by atoms with Gasteiger partial charge in [-0.15, -0.1) is 0 Å². The Bertz CT molecular complexity index is 607. The lowest BCUT2D eigenvalue weighted by atomic mass is 9.70. The second-order valence-corrected chi connectivity index (χ2v) is 7.24. The number of aromatic amines is 1. The summed E-state index contributed by atoms with van der Waals surface area (Å²) < 4.78 is 0. The summed E-state index contributed by atoms with van der Waals surface area (Å²) in [4.78, 5) is 17.7. The molecule has 4 unspecified atom stereocenters. The van der Waals surface area contributed by atoms with E-state index < -0.39 is 0 Å². The van der Waals surface area contributed by atoms with Gasteiger partial charge in [0, 0.05) is 24.3 Å². The number of rotatable bonds is 0. The van der Waals surface area contributed by atoms with E-state index >= 15 is 0 Å². The van der Waals surface area contributed by atoms with Gasteiger partial charge in [-0.2, -0.15) is 0 Å². The molecule has 1 saturated carbocycles. The van der Waals surface area contributed by atoms with Crippen molar-refractivity contribution in [2.45, 2.75) is 44.2 Å². The summed E-state index contributed by atoms with van der Waals surface area (Å²) in [7, 11) is 0. The van der Waals surface area contributed by atoms with Crippen LogP contribution in [0.15, 0.2) is 16.9 Å². The van der Waals surface area contributed by atoms with Crippen molar-refractivity contribution in [3.63, 3.8) is 0 Å². The summed E-state index contributed by atoms with van der Waals surface area (Å²) >= 11 is 0. The summed E-state index contributed by atoms with van der Waals surface area (Å²) in [6, 6.07) is 5.13. The molecule has 0 aromatic carbocycles. The summed E-state index contributed by atoms with van der Waals surface area (Å²) in [5, 5.41) is 0. The van der Waals surface area contributed by atoms with Crippen molar-refractivity contribution in [3.8, 4) is 0 Å². The highest BCUT2D eigenvalue weighted by Gasteiger charge is 2.59. The molecule has 0 amide bonds. The molecule has 3 heteroatoms. The van der Waals surface area contributed by atoms with E-state index in [2.05, 4.69) is 22.9 Å². The Balaban J connectivity index is 1.74. The van der Waals surface area contributed by atoms with Gasteiger partial charge in [0.25, 0.3) is 0 Å². The molecular weight excluding hydrogens is 236 g/mol. The molecule has 3 aliphatic heterocycles. The largest absolute Gasteiger partial charge is 0.324 e. The topological polar surface area (TPSA) is 36.1 Å². The molecule has 1 aromatic rings. The third-order valence-electron chi connectivity index (χ3n) is 6.26. The van der Waals surface area contributed by atoms with Gasteiger partial charge < -0.3 is 4.98 Å². The van der Waals surface area contributed by atoms with Gasteiger partial charge in [0.1, 0.15) is 0 Å². The zero-order chi connectivity index (χ0) is 12.7. The Hall–Kier alpha value is -1.09. The van der Waals surface area contributed by atoms with E-state index in [4.69, 9.17) is 0 Å². The average Bonchev–Trinajstić information content (AvgIpc) is 2.56. The normalized spacial score (nSPS) is 49.2. The molecule has 3 nitrogen and oxygen atoms in total. The molecule has 1 aromatic heterocycles. The molecule has 1 aliphatic carbocycles. The van der Waals surface area contributed by atoms with E-state index in [1.165, 1.54) is 37.1 Å². The van der Waals surface area contributed by atoms with Crippen LogP contribution in [0.5, 0.6) is 0 Å². The van der Waals surface area contributed by atoms with E-state index in [9.17, 15) is 4.79 Å². The van der Waals surface area contributed by atoms with Gasteiger partial charge >= 0.3 is 0 Å². The van der Waals surface area contributed by atoms with Crippen molar-refractivity contribution in [1.82, 2.24) is 9.88 Å². The zero-order valence-electron chi connectivity index (χ0n) is 11.3. The maximum atomic E-state index is 11.7. The minimum Gasteiger partial charge on any atom is -0.324 e. The molecule has 5 bridgehead atoms. The predicted molar refractivity (Wildman–Crippen MR) is 73.0 cm³/mol. The molecule has 0 spiro atoms. The second kappa shape index (κ2) is 3.32. The Kier molecular flexibility index (Phi) is 1.86. The maximum Gasteiger partial charge on any atom is 0.248 e. The minimum absolute atomic E-state index is 0.0762. The highest BCUT2D eigenvalue weighted by atomic mass is 16.1. The van der Waals surface area contributed by atoms with E-state index in [-0.39, 0.29) is 5.56 Å². The lowest BCUT2D eigenvalue weighted by molar-refractivity contribution is 0.0902. The maximum absolute atomic E-state index is 11.7. The van der Waals surface area contributed by atoms with E-state index in [0.717, 1.165) is 23.8 Å². The molecular formula is C16H20N2O. The second-order valence-electron chi connectivity index (χ2n) is 7.24. The van der Waals surface area contributed by atoms with Gasteiger partial charge in [-0.3, -0.25) is 9.69 Å². The number of aromatic nitrogens is 1. The van der Waals surface area contributed by atoms with Crippen LogP contribution in [-0.2, 0) is 0 Å². The van der Waals surface area contributed by atoms with Crippen LogP contribution in [-0.4, -0.2) is 22.5 Å². The van der Waals surface area contributed by atoms with Crippen molar-refractivity contribution >= 4 is 0 Å². The van der Waals surface area contributed by atoms with Crippen molar-refractivity contribution in [1.29, 1.82) is 0 Å². The summed E-state index contributed by atoms with van der Waals surface area (Å²) in [6.07, 6.45) is 4.08. The first kappa shape index (κ1) is 10.7. The van der Waals surface area contributed by atoms with Crippen LogP contribution in [0.4, 0.5) is 0 Å². The summed E-state index contributed by atoms with van der Waals surface area (Å²) in [6.45, 7) is 3.64. The van der Waals surface area contributed by atoms with Crippen molar-refractivity contribution in [2.24, 2.45) is 17.8 Å². The third kappa shape index (κ3) is 1.20. The zero-order valence-corrected chi connectivity index (χ0v) is 11.3. The van der Waals surface area contributed by atoms with Crippen LogP contribution >= 0.6 is 0 Å². The molecule has 2 saturated heterocycles. The number of fused-ring (bicyclic) bond motifs is 5. The molecule has 100 valence electrons. The van der Waals surface area contributed by atoms with Crippen LogP contribution in [0.2, 0.25) is 0 Å². The van der Waals surface area contributed by atoms with Gasteiger partial charge in [-0.05, 0) is 48.5 Å². The molecule has 4 heterocycles. The Morgan fingerprint density at radius 3 is 3.00 bits per heavy atom. The Morgan fingerprint density at radius 1 is 1.21 bits per heavy atom. The monoisotopic (exact) mass is 256 g/mol. The van der Waals surface area contributed by atoms with Crippen molar-refractivity contribution < 1.29 is 0 Å². The highest BCUT2D eigenvalue weighted by molar-refractivity contribution is 5.36. The fourth-order valence-corrected chi connectivity index (χ4v) is 5.75. The lowest BCUT2D eigenvalue weighted by Gasteiger charge is -2.44. The first-order valence-electron chi connectivity index (χ1n) is 7.71. The lowest BCUT2D eigenvalue weighted by Crippen LogP contribution is -2.46. The van der Waals surface area contributed by atoms with Crippen molar-refractivity contribution in [2.75, 3.05) is 6.54 Å². The van der Waals surface area contributed by atoms with Gasteiger partial charge in [0.15, 0.2) is 0 Å². The summed E-state index contributed by atoms with van der Waals surface area (Å²) in [5.41, 5.74) is 2.79. The molecule has 0 radical (unpaired) electrons. The number of hydrogen-bond donors (Lipinski definition) is 1. The van der Waals surface area contributed by atoms with Gasteiger partial charge in [-0.25, -0.2) is 0 Å². The van der Waals surface area contributed by atoms with Gasteiger partial charge in [0.2, 0.25) is 5.56 Å². The SMILES string of the molecule is CC1CC2C3c4[nH]c(=O)ccc4[C@H]4C[C@H]2[C@@H](C1)N3C4. The standard InChI is InChI=1S/C16H20N2O/c1-8-4-12-11-6-9-7-18(13(11)5-8)16(12)15-10(9)2-3-14(19)17-15/h2-3,8-9,11-13,16H,4-7H2,1H3,(H,17,19)/t8?,9-,11+,12?,13+,16?/m0/s1. The average molecular weight is 256 g/mol. The number of piperidine rings is 1. The predicted octanol–water partition coefficient (Wildman–Crippen LogP) is 2.26. The van der Waals surface area contributed by atoms with Crippen LogP contribution in [0.3, 0.4) is 0 Å². The number of H-pyrrole nitrogens is 1. The third-order valence-corrected chi connectivity index (χ3v) is 6.26. The number of hydrogen-bond acceptors (Lipinski definition) is 2. The molecule has 7 atom stereocenters. The van der Waals surface area contributed by atoms with E-state index in [0.29, 0.717) is 12.0 Å². The van der Waals surface area contributed by atoms with Gasteiger partial charge in [-0.1, -0.05) is 13.0 Å². The van der Waals surface area contributed by atoms with E-state index in [1.807, 2.05) is 0 Å². The quantitative estimate of drug-likeness (QED) is 0.773. The fraction of sp³-hybridized carbons (Fsp3) is 0.688. The smallest absolute Gasteiger partial charge is 0.248 e. The fourth-order valence-electron chi connectivity index (χ4n) is 5.75. The number of pyridine rings is 1. The van der Waals surface area contributed by atoms with Crippen LogP contribution in [0.1, 0.15) is 49.4 Å². The van der Waals surface area contributed by atoms with Crippen LogP contribution in [0.25, 0.3) is 0 Å². The molecule has 5 rings (SSSR count).